The first kappa shape index (κ1) is 39.9. The van der Waals surface area contributed by atoms with Crippen molar-refractivity contribution in [2.75, 3.05) is 40.6 Å². The van der Waals surface area contributed by atoms with Crippen LogP contribution in [0.1, 0.15) is 54.2 Å². The molecule has 5 aromatic rings. The largest absolute Gasteiger partial charge is 0.481 e. The fourth-order valence-corrected chi connectivity index (χ4v) is 6.29. The fourth-order valence-electron chi connectivity index (χ4n) is 6.29. The molecule has 2 fully saturated rings. The Morgan fingerprint density at radius 3 is 1.64 bits per heavy atom. The number of carbonyl (C=O) groups excluding carboxylic acids is 1. The molecule has 2 aliphatic heterocycles. The number of ether oxygens (including phenoxy) is 4. The van der Waals surface area contributed by atoms with Gasteiger partial charge in [0.05, 0.1) is 57.3 Å². The van der Waals surface area contributed by atoms with Crippen LogP contribution in [-0.2, 0) is 33.3 Å². The number of alkyl halides is 3. The molecule has 2 saturated heterocycles. The Labute approximate surface area is 319 Å². The summed E-state index contributed by atoms with van der Waals surface area (Å²) < 4.78 is 59.5. The first-order valence-corrected chi connectivity index (χ1v) is 17.2. The highest BCUT2D eigenvalue weighted by Gasteiger charge is 2.42. The monoisotopic (exact) mass is 773 g/mol. The highest BCUT2D eigenvalue weighted by Crippen LogP contribution is 2.39. The Balaban J connectivity index is 0.000000202. The van der Waals surface area contributed by atoms with Crippen LogP contribution in [0, 0.1) is 13.8 Å². The molecule has 12 nitrogen and oxygen atoms in total. The van der Waals surface area contributed by atoms with Crippen LogP contribution in [0.15, 0.2) is 79.3 Å². The molecule has 56 heavy (non-hydrogen) atoms. The molecule has 0 radical (unpaired) electrons. The van der Waals surface area contributed by atoms with Crippen LogP contribution in [-0.4, -0.2) is 82.7 Å². The lowest BCUT2D eigenvalue weighted by Crippen LogP contribution is -2.46. The summed E-state index contributed by atoms with van der Waals surface area (Å²) in [6.07, 6.45) is -0.535. The lowest BCUT2D eigenvalue weighted by molar-refractivity contribution is -0.185. The van der Waals surface area contributed by atoms with Gasteiger partial charge in [0.25, 0.3) is 0 Å². The molecule has 292 valence electrons. The van der Waals surface area contributed by atoms with Crippen molar-refractivity contribution in [3.63, 3.8) is 0 Å². The predicted octanol–water partition coefficient (Wildman–Crippen LogP) is 6.10. The first-order valence-electron chi connectivity index (χ1n) is 17.2. The number of carboxylic acid groups (broad SMARTS) is 1. The average molecular weight is 774 g/mol. The lowest BCUT2D eigenvalue weighted by atomic mass is 9.89. The van der Waals surface area contributed by atoms with Crippen molar-refractivity contribution in [3.05, 3.63) is 124 Å². The number of aliphatic hydroxyl groups is 2. The van der Waals surface area contributed by atoms with E-state index in [1.165, 1.54) is 20.3 Å². The summed E-state index contributed by atoms with van der Waals surface area (Å²) in [5, 5.41) is 30.4. The number of aryl methyl sites for hydroxylation is 2. The van der Waals surface area contributed by atoms with E-state index in [0.29, 0.717) is 33.7 Å². The zero-order valence-electron chi connectivity index (χ0n) is 30.8. The third-order valence-corrected chi connectivity index (χ3v) is 9.60. The van der Waals surface area contributed by atoms with Gasteiger partial charge in [0, 0.05) is 41.7 Å². The summed E-state index contributed by atoms with van der Waals surface area (Å²) in [6, 6.07) is 15.8. The molecule has 3 aromatic heterocycles. The number of ketones is 1. The molecule has 5 heterocycles. The van der Waals surface area contributed by atoms with Crippen LogP contribution in [0.5, 0.6) is 11.8 Å². The Morgan fingerprint density at radius 1 is 0.732 bits per heavy atom. The second kappa shape index (κ2) is 15.8. The number of carboxylic acids is 1. The molecule has 3 N–H and O–H groups in total. The van der Waals surface area contributed by atoms with Gasteiger partial charge >= 0.3 is 12.1 Å². The van der Waals surface area contributed by atoms with Gasteiger partial charge in [-0.05, 0) is 84.1 Å². The van der Waals surface area contributed by atoms with Crippen molar-refractivity contribution in [1.29, 1.82) is 0 Å². The summed E-state index contributed by atoms with van der Waals surface area (Å²) in [4.78, 5) is 35.9. The highest BCUT2D eigenvalue weighted by molar-refractivity contribution is 5.99. The van der Waals surface area contributed by atoms with E-state index in [2.05, 4.69) is 15.0 Å². The zero-order chi connectivity index (χ0) is 40.4. The van der Waals surface area contributed by atoms with Crippen LogP contribution in [0.25, 0.3) is 22.3 Å². The van der Waals surface area contributed by atoms with Gasteiger partial charge in [-0.1, -0.05) is 18.2 Å². The molecule has 0 saturated carbocycles. The van der Waals surface area contributed by atoms with Gasteiger partial charge in [-0.2, -0.15) is 13.2 Å². The number of pyridine rings is 3. The SMILES string of the molecule is COc1ncc(-c2cc(C(=O)Cc3ccnc(C(F)(F)F)c3)ccc2C)cc1C1(O)COC1.COc1ncc(-c2cc(C(=O)O)ccc2C)cc1C1(O)COC1. The van der Waals surface area contributed by atoms with Crippen LogP contribution >= 0.6 is 0 Å². The number of halogens is 3. The molecule has 0 bridgehead atoms. The minimum atomic E-state index is -4.58. The molecule has 15 heteroatoms. The number of rotatable bonds is 10. The molecular weight excluding hydrogens is 735 g/mol. The normalized spacial score (nSPS) is 15.4. The number of carbonyl (C=O) groups is 2. The molecule has 0 aliphatic carbocycles. The van der Waals surface area contributed by atoms with Crippen LogP contribution in [0.3, 0.4) is 0 Å². The Bertz CT molecular complexity index is 2290. The maximum absolute atomic E-state index is 12.9. The second-order valence-electron chi connectivity index (χ2n) is 13.6. The number of hydrogen-bond acceptors (Lipinski definition) is 11. The van der Waals surface area contributed by atoms with E-state index in [9.17, 15) is 33.0 Å². The first-order chi connectivity index (χ1) is 26.5. The number of Topliss-reactive ketones (excluding diaryl/α,β-unsaturated/α-hetero) is 1. The summed E-state index contributed by atoms with van der Waals surface area (Å²) in [5.41, 5.74) is 3.11. The van der Waals surface area contributed by atoms with Crippen molar-refractivity contribution in [2.24, 2.45) is 0 Å². The zero-order valence-corrected chi connectivity index (χ0v) is 30.8. The van der Waals surface area contributed by atoms with Gasteiger partial charge < -0.3 is 34.3 Å². The topological polar surface area (TPSA) is 170 Å². The summed E-state index contributed by atoms with van der Waals surface area (Å²) in [5.74, 6) is -0.693. The van der Waals surface area contributed by atoms with Crippen molar-refractivity contribution in [2.45, 2.75) is 37.6 Å². The standard InChI is InChI=1S/C24H21F3N2O4.C17H17NO5/c1-14-3-4-16(20(30)7-15-5-6-28-21(8-15)24(25,26)27)9-18(14)17-10-19(22(32-2)29-11-17)23(31)12-33-13-23;1-10-3-4-11(16(19)20)5-13(10)12-6-14(15(22-2)18-7-12)17(21)8-23-9-17/h3-6,8-11,31H,7,12-13H2,1-2H3;3-7,21H,8-9H2,1-2H3,(H,19,20). The smallest absolute Gasteiger partial charge is 0.433 e. The summed E-state index contributed by atoms with van der Waals surface area (Å²) in [7, 11) is 2.95. The van der Waals surface area contributed by atoms with Crippen LogP contribution in [0.4, 0.5) is 13.2 Å². The van der Waals surface area contributed by atoms with Gasteiger partial charge in [0.1, 0.15) is 16.9 Å². The van der Waals surface area contributed by atoms with Gasteiger partial charge in [-0.15, -0.1) is 0 Å². The average Bonchev–Trinajstić information content (AvgIpc) is 3.15. The van der Waals surface area contributed by atoms with E-state index < -0.39 is 29.0 Å². The summed E-state index contributed by atoms with van der Waals surface area (Å²) >= 11 is 0. The minimum Gasteiger partial charge on any atom is -0.481 e. The molecule has 0 atom stereocenters. The minimum absolute atomic E-state index is 0.123. The van der Waals surface area contributed by atoms with E-state index in [-0.39, 0.29) is 55.6 Å². The van der Waals surface area contributed by atoms with Crippen molar-refractivity contribution < 1.29 is 57.0 Å². The van der Waals surface area contributed by atoms with E-state index in [1.54, 1.807) is 60.9 Å². The maximum atomic E-state index is 12.9. The molecular formula is C41H38F3N3O9. The van der Waals surface area contributed by atoms with Gasteiger partial charge in [-0.3, -0.25) is 9.78 Å². The quantitative estimate of drug-likeness (QED) is 0.140. The summed E-state index contributed by atoms with van der Waals surface area (Å²) in [6.45, 7) is 4.38. The highest BCUT2D eigenvalue weighted by atomic mass is 19.4. The van der Waals surface area contributed by atoms with Crippen LogP contribution < -0.4 is 9.47 Å². The van der Waals surface area contributed by atoms with Crippen LogP contribution in [0.2, 0.25) is 0 Å². The van der Waals surface area contributed by atoms with Gasteiger partial charge in [0.2, 0.25) is 11.8 Å². The number of nitrogens with zero attached hydrogens (tertiary/aromatic N) is 3. The molecule has 0 amide bonds. The third-order valence-electron chi connectivity index (χ3n) is 9.60. The lowest BCUT2D eigenvalue weighted by Gasteiger charge is -2.37. The van der Waals surface area contributed by atoms with E-state index in [0.717, 1.165) is 34.5 Å². The van der Waals surface area contributed by atoms with Crippen molar-refractivity contribution in [1.82, 2.24) is 15.0 Å². The molecule has 0 spiro atoms. The van der Waals surface area contributed by atoms with E-state index in [1.807, 2.05) is 13.8 Å². The van der Waals surface area contributed by atoms with E-state index >= 15 is 0 Å². The Hall–Kier alpha value is -5.74. The number of aromatic nitrogens is 3. The van der Waals surface area contributed by atoms with Gasteiger partial charge in [-0.25, -0.2) is 14.8 Å². The fraction of sp³-hybridized carbons (Fsp3) is 0.293. The number of benzene rings is 2. The molecule has 2 aromatic carbocycles. The number of aromatic carboxylic acids is 1. The third kappa shape index (κ3) is 8.26. The van der Waals surface area contributed by atoms with E-state index in [4.69, 9.17) is 24.1 Å². The predicted molar refractivity (Wildman–Crippen MR) is 196 cm³/mol. The van der Waals surface area contributed by atoms with Gasteiger partial charge in [0.15, 0.2) is 5.78 Å². The number of hydrogen-bond donors (Lipinski definition) is 3. The molecule has 2 aliphatic rings. The van der Waals surface area contributed by atoms with Crippen molar-refractivity contribution >= 4 is 11.8 Å². The molecule has 7 rings (SSSR count). The molecule has 0 unspecified atom stereocenters. The number of methoxy groups -OCH3 is 2. The second-order valence-corrected chi connectivity index (χ2v) is 13.6. The van der Waals surface area contributed by atoms with Crippen molar-refractivity contribution in [3.8, 4) is 34.0 Å². The Morgan fingerprint density at radius 2 is 1.21 bits per heavy atom. The Kier molecular flexibility index (Phi) is 11.3. The maximum Gasteiger partial charge on any atom is 0.433 e.